The summed E-state index contributed by atoms with van der Waals surface area (Å²) in [6, 6.07) is 7.02. The topological polar surface area (TPSA) is 91.2 Å². The highest BCUT2D eigenvalue weighted by molar-refractivity contribution is 9.10. The maximum atomic E-state index is 11.4. The third-order valence-electron chi connectivity index (χ3n) is 2.49. The smallest absolute Gasteiger partial charge is 0.254 e. The van der Waals surface area contributed by atoms with E-state index in [1.165, 1.54) is 12.3 Å². The lowest BCUT2D eigenvalue weighted by molar-refractivity contribution is 0.0997. The van der Waals surface area contributed by atoms with Crippen molar-refractivity contribution >= 4 is 27.5 Å². The minimum absolute atomic E-state index is 0.142. The average molecular weight is 322 g/mol. The SMILES string of the molecule is Cc1ccc(Br)cc1Oc1ncc(N)cc1C(N)=O. The van der Waals surface area contributed by atoms with Crippen molar-refractivity contribution < 1.29 is 9.53 Å². The summed E-state index contributed by atoms with van der Waals surface area (Å²) < 4.78 is 6.50. The lowest BCUT2D eigenvalue weighted by Crippen LogP contribution is -2.13. The first-order valence-electron chi connectivity index (χ1n) is 5.46. The summed E-state index contributed by atoms with van der Waals surface area (Å²) in [6.45, 7) is 1.89. The highest BCUT2D eigenvalue weighted by Gasteiger charge is 2.13. The number of hydrogen-bond donors (Lipinski definition) is 2. The van der Waals surface area contributed by atoms with Gasteiger partial charge >= 0.3 is 0 Å². The van der Waals surface area contributed by atoms with Crippen LogP contribution in [0.2, 0.25) is 0 Å². The Hall–Kier alpha value is -2.08. The number of benzene rings is 1. The van der Waals surface area contributed by atoms with E-state index in [4.69, 9.17) is 16.2 Å². The van der Waals surface area contributed by atoms with Crippen LogP contribution in [0, 0.1) is 6.92 Å². The molecule has 0 aliphatic rings. The van der Waals surface area contributed by atoms with Crippen molar-refractivity contribution in [1.82, 2.24) is 4.98 Å². The van der Waals surface area contributed by atoms with Crippen LogP contribution in [0.25, 0.3) is 0 Å². The zero-order valence-electron chi connectivity index (χ0n) is 10.2. The van der Waals surface area contributed by atoms with Crippen LogP contribution < -0.4 is 16.2 Å². The minimum atomic E-state index is -0.637. The van der Waals surface area contributed by atoms with Gasteiger partial charge in [-0.1, -0.05) is 22.0 Å². The number of pyridine rings is 1. The highest BCUT2D eigenvalue weighted by atomic mass is 79.9. The number of hydrogen-bond acceptors (Lipinski definition) is 4. The fourth-order valence-electron chi connectivity index (χ4n) is 1.51. The molecule has 2 aromatic rings. The van der Waals surface area contributed by atoms with Crippen LogP contribution in [0.3, 0.4) is 0 Å². The molecule has 1 aromatic carbocycles. The molecule has 4 N–H and O–H groups in total. The molecular weight excluding hydrogens is 310 g/mol. The van der Waals surface area contributed by atoms with Gasteiger partial charge in [0.1, 0.15) is 11.3 Å². The van der Waals surface area contributed by atoms with Gasteiger partial charge in [0.25, 0.3) is 5.91 Å². The van der Waals surface area contributed by atoms with Gasteiger partial charge in [0.05, 0.1) is 11.9 Å². The Morgan fingerprint density at radius 1 is 1.37 bits per heavy atom. The molecule has 0 radical (unpaired) electrons. The summed E-state index contributed by atoms with van der Waals surface area (Å²) in [6.07, 6.45) is 1.41. The number of primary amides is 1. The van der Waals surface area contributed by atoms with Crippen LogP contribution in [-0.2, 0) is 0 Å². The van der Waals surface area contributed by atoms with E-state index in [0.717, 1.165) is 10.0 Å². The number of halogens is 1. The van der Waals surface area contributed by atoms with E-state index < -0.39 is 5.91 Å². The summed E-state index contributed by atoms with van der Waals surface area (Å²) in [5.74, 6) is 0.0968. The molecule has 1 heterocycles. The average Bonchev–Trinajstić information content (AvgIpc) is 2.35. The third-order valence-corrected chi connectivity index (χ3v) is 2.99. The lowest BCUT2D eigenvalue weighted by atomic mass is 10.2. The van der Waals surface area contributed by atoms with Gasteiger partial charge in [0, 0.05) is 4.47 Å². The van der Waals surface area contributed by atoms with Crippen LogP contribution in [0.15, 0.2) is 34.9 Å². The second kappa shape index (κ2) is 5.27. The predicted octanol–water partition coefficient (Wildman–Crippen LogP) is 2.63. The van der Waals surface area contributed by atoms with Gasteiger partial charge in [-0.05, 0) is 30.7 Å². The third kappa shape index (κ3) is 3.03. The van der Waals surface area contributed by atoms with Crippen molar-refractivity contribution in [3.8, 4) is 11.6 Å². The molecule has 0 unspecified atom stereocenters. The van der Waals surface area contributed by atoms with Crippen molar-refractivity contribution in [3.05, 3.63) is 46.1 Å². The molecule has 0 atom stereocenters. The van der Waals surface area contributed by atoms with Gasteiger partial charge in [-0.3, -0.25) is 4.79 Å². The van der Waals surface area contributed by atoms with Crippen molar-refractivity contribution in [2.24, 2.45) is 5.73 Å². The second-order valence-corrected chi connectivity index (χ2v) is 4.91. The zero-order chi connectivity index (χ0) is 14.0. The number of rotatable bonds is 3. The zero-order valence-corrected chi connectivity index (χ0v) is 11.8. The molecular formula is C13H12BrN3O2. The normalized spacial score (nSPS) is 10.2. The first-order valence-corrected chi connectivity index (χ1v) is 6.26. The molecule has 0 bridgehead atoms. The number of nitrogens with zero attached hydrogens (tertiary/aromatic N) is 1. The quantitative estimate of drug-likeness (QED) is 0.909. The lowest BCUT2D eigenvalue weighted by Gasteiger charge is -2.11. The van der Waals surface area contributed by atoms with Crippen LogP contribution in [0.5, 0.6) is 11.6 Å². The number of nitrogens with two attached hydrogens (primary N) is 2. The Morgan fingerprint density at radius 2 is 2.11 bits per heavy atom. The summed E-state index contributed by atoms with van der Waals surface area (Å²) in [7, 11) is 0. The van der Waals surface area contributed by atoms with Gasteiger partial charge in [-0.15, -0.1) is 0 Å². The van der Waals surface area contributed by atoms with Crippen LogP contribution >= 0.6 is 15.9 Å². The van der Waals surface area contributed by atoms with E-state index in [1.807, 2.05) is 19.1 Å². The van der Waals surface area contributed by atoms with E-state index in [0.29, 0.717) is 11.4 Å². The monoisotopic (exact) mass is 321 g/mol. The molecule has 1 amide bonds. The molecule has 0 aliphatic carbocycles. The van der Waals surface area contributed by atoms with Crippen LogP contribution in [0.4, 0.5) is 5.69 Å². The fraction of sp³-hybridized carbons (Fsp3) is 0.0769. The van der Waals surface area contributed by atoms with E-state index >= 15 is 0 Å². The number of nitrogen functional groups attached to an aromatic ring is 1. The first kappa shape index (κ1) is 13.4. The van der Waals surface area contributed by atoms with Crippen LogP contribution in [-0.4, -0.2) is 10.9 Å². The van der Waals surface area contributed by atoms with E-state index in [1.54, 1.807) is 6.07 Å². The maximum absolute atomic E-state index is 11.4. The van der Waals surface area contributed by atoms with Gasteiger partial charge in [0.15, 0.2) is 0 Å². The number of aryl methyl sites for hydroxylation is 1. The molecule has 2 rings (SSSR count). The number of aromatic nitrogens is 1. The molecule has 0 aliphatic heterocycles. The molecule has 19 heavy (non-hydrogen) atoms. The Labute approximate surface area is 118 Å². The van der Waals surface area contributed by atoms with Crippen LogP contribution in [0.1, 0.15) is 15.9 Å². The Morgan fingerprint density at radius 3 is 2.79 bits per heavy atom. The maximum Gasteiger partial charge on any atom is 0.254 e. The van der Waals surface area contributed by atoms with E-state index in [2.05, 4.69) is 20.9 Å². The van der Waals surface area contributed by atoms with E-state index in [-0.39, 0.29) is 11.4 Å². The molecule has 0 saturated heterocycles. The van der Waals surface area contributed by atoms with Gasteiger partial charge < -0.3 is 16.2 Å². The standard InChI is InChI=1S/C13H12BrN3O2/c1-7-2-3-8(14)4-11(7)19-13-10(12(16)18)5-9(15)6-17-13/h2-6H,15H2,1H3,(H2,16,18). The minimum Gasteiger partial charge on any atom is -0.438 e. The number of anilines is 1. The number of carbonyl (C=O) groups excluding carboxylic acids is 1. The molecule has 1 aromatic heterocycles. The van der Waals surface area contributed by atoms with Crippen molar-refractivity contribution in [2.75, 3.05) is 5.73 Å². The summed E-state index contributed by atoms with van der Waals surface area (Å²) in [5.41, 5.74) is 12.3. The molecule has 98 valence electrons. The molecule has 0 spiro atoms. The Bertz CT molecular complexity index is 644. The van der Waals surface area contributed by atoms with Crippen molar-refractivity contribution in [3.63, 3.8) is 0 Å². The van der Waals surface area contributed by atoms with Gasteiger partial charge in [-0.2, -0.15) is 0 Å². The molecule has 0 fully saturated rings. The summed E-state index contributed by atoms with van der Waals surface area (Å²) in [4.78, 5) is 15.4. The number of carbonyl (C=O) groups is 1. The first-order chi connectivity index (χ1) is 8.97. The molecule has 6 heteroatoms. The largest absolute Gasteiger partial charge is 0.438 e. The van der Waals surface area contributed by atoms with E-state index in [9.17, 15) is 4.79 Å². The number of ether oxygens (including phenoxy) is 1. The summed E-state index contributed by atoms with van der Waals surface area (Å²) in [5, 5.41) is 0. The second-order valence-electron chi connectivity index (χ2n) is 4.00. The Balaban J connectivity index is 2.43. The summed E-state index contributed by atoms with van der Waals surface area (Å²) >= 11 is 3.36. The molecule has 5 nitrogen and oxygen atoms in total. The Kier molecular flexibility index (Phi) is 3.71. The van der Waals surface area contributed by atoms with Gasteiger partial charge in [-0.25, -0.2) is 4.98 Å². The van der Waals surface area contributed by atoms with Crippen molar-refractivity contribution in [2.45, 2.75) is 6.92 Å². The molecule has 0 saturated carbocycles. The fourth-order valence-corrected chi connectivity index (χ4v) is 1.85. The highest BCUT2D eigenvalue weighted by Crippen LogP contribution is 2.29. The number of amides is 1. The predicted molar refractivity (Wildman–Crippen MR) is 76.1 cm³/mol. The van der Waals surface area contributed by atoms with Gasteiger partial charge in [0.2, 0.25) is 5.88 Å². The van der Waals surface area contributed by atoms with Crippen molar-refractivity contribution in [1.29, 1.82) is 0 Å².